The molecule has 0 radical (unpaired) electrons. The molecular formula is C14H13NO6S2. The van der Waals surface area contributed by atoms with E-state index in [4.69, 9.17) is 0 Å². The molecule has 0 saturated carbocycles. The fourth-order valence-electron chi connectivity index (χ4n) is 1.73. The lowest BCUT2D eigenvalue weighted by atomic mass is 10.2. The zero-order chi connectivity index (χ0) is 17.0. The summed E-state index contributed by atoms with van der Waals surface area (Å²) in [5.74, 6) is -1.19. The Labute approximate surface area is 136 Å². The second-order valence-corrected chi connectivity index (χ2v) is 6.87. The molecule has 0 atom stereocenters. The number of ether oxygens (including phenoxy) is 2. The second kappa shape index (κ2) is 6.80. The number of benzene rings is 1. The van der Waals surface area contributed by atoms with Gasteiger partial charge in [0.15, 0.2) is 0 Å². The Hall–Kier alpha value is -2.39. The topological polar surface area (TPSA) is 98.8 Å². The molecule has 0 aliphatic heterocycles. The van der Waals surface area contributed by atoms with Gasteiger partial charge in [-0.25, -0.2) is 18.0 Å². The fraction of sp³-hybridized carbons (Fsp3) is 0.143. The zero-order valence-electron chi connectivity index (χ0n) is 12.2. The molecule has 1 aromatic carbocycles. The average molecular weight is 355 g/mol. The molecule has 0 unspecified atom stereocenters. The number of carbonyl (C=O) groups excluding carboxylic acids is 2. The first-order valence-corrected chi connectivity index (χ1v) is 8.62. The summed E-state index contributed by atoms with van der Waals surface area (Å²) >= 11 is 1.06. The smallest absolute Gasteiger partial charge is 0.350 e. The molecule has 0 fully saturated rings. The first-order valence-electron chi connectivity index (χ1n) is 6.26. The monoisotopic (exact) mass is 355 g/mol. The molecule has 0 aliphatic rings. The highest BCUT2D eigenvalue weighted by atomic mass is 32.2. The van der Waals surface area contributed by atoms with E-state index < -0.39 is 22.0 Å². The van der Waals surface area contributed by atoms with Crippen molar-refractivity contribution < 1.29 is 27.5 Å². The van der Waals surface area contributed by atoms with Gasteiger partial charge in [0.05, 0.1) is 30.4 Å². The summed E-state index contributed by atoms with van der Waals surface area (Å²) in [6.45, 7) is 0. The van der Waals surface area contributed by atoms with Crippen LogP contribution in [0.4, 0.5) is 5.69 Å². The van der Waals surface area contributed by atoms with Crippen LogP contribution in [-0.4, -0.2) is 34.6 Å². The second-order valence-electron chi connectivity index (χ2n) is 4.28. The van der Waals surface area contributed by atoms with Gasteiger partial charge in [0, 0.05) is 0 Å². The number of thiophene rings is 1. The lowest BCUT2D eigenvalue weighted by molar-refractivity contribution is 0.0594. The molecule has 1 aromatic heterocycles. The molecule has 0 bridgehead atoms. The van der Waals surface area contributed by atoms with Crippen LogP contribution in [0.15, 0.2) is 40.6 Å². The standard InChI is InChI=1S/C14H13NO6S2/c1-20-13(16)9-3-5-10(6-4-9)23(18,19)15-11-7-8-22-12(11)14(17)21-2/h3-8,15H,1-2H3. The fourth-order valence-corrected chi connectivity index (χ4v) is 3.63. The average Bonchev–Trinajstić information content (AvgIpc) is 3.00. The number of esters is 2. The van der Waals surface area contributed by atoms with E-state index in [0.717, 1.165) is 11.3 Å². The molecular weight excluding hydrogens is 342 g/mol. The van der Waals surface area contributed by atoms with Gasteiger partial charge in [-0.2, -0.15) is 0 Å². The number of rotatable bonds is 5. The highest BCUT2D eigenvalue weighted by molar-refractivity contribution is 7.92. The van der Waals surface area contributed by atoms with Crippen molar-refractivity contribution in [1.82, 2.24) is 0 Å². The van der Waals surface area contributed by atoms with E-state index in [0.29, 0.717) is 0 Å². The van der Waals surface area contributed by atoms with Crippen LogP contribution in [0.25, 0.3) is 0 Å². The van der Waals surface area contributed by atoms with Gasteiger partial charge < -0.3 is 9.47 Å². The SMILES string of the molecule is COC(=O)c1ccc(S(=O)(=O)Nc2ccsc2C(=O)OC)cc1. The van der Waals surface area contributed by atoms with E-state index in [1.165, 1.54) is 44.6 Å². The van der Waals surface area contributed by atoms with Crippen molar-refractivity contribution in [3.63, 3.8) is 0 Å². The predicted molar refractivity (Wildman–Crippen MR) is 84.2 cm³/mol. The molecule has 0 aliphatic carbocycles. The van der Waals surface area contributed by atoms with Crippen LogP contribution >= 0.6 is 11.3 Å². The van der Waals surface area contributed by atoms with Crippen LogP contribution in [-0.2, 0) is 19.5 Å². The Kier molecular flexibility index (Phi) is 5.02. The molecule has 122 valence electrons. The van der Waals surface area contributed by atoms with E-state index in [1.54, 1.807) is 5.38 Å². The van der Waals surface area contributed by atoms with Crippen molar-refractivity contribution in [1.29, 1.82) is 0 Å². The van der Waals surface area contributed by atoms with E-state index in [1.807, 2.05) is 0 Å². The summed E-state index contributed by atoms with van der Waals surface area (Å²) in [6, 6.07) is 6.71. The number of hydrogen-bond acceptors (Lipinski definition) is 7. The van der Waals surface area contributed by atoms with Gasteiger partial charge in [0.25, 0.3) is 10.0 Å². The summed E-state index contributed by atoms with van der Waals surface area (Å²) in [5, 5.41) is 1.57. The van der Waals surface area contributed by atoms with Gasteiger partial charge in [0.2, 0.25) is 0 Å². The highest BCUT2D eigenvalue weighted by Crippen LogP contribution is 2.26. The third-order valence-electron chi connectivity index (χ3n) is 2.87. The number of nitrogens with one attached hydrogen (secondary N) is 1. The Morgan fingerprint density at radius 2 is 1.61 bits per heavy atom. The molecule has 0 spiro atoms. The quantitative estimate of drug-likeness (QED) is 0.825. The molecule has 1 heterocycles. The summed E-state index contributed by atoms with van der Waals surface area (Å²) in [7, 11) is -1.45. The normalized spacial score (nSPS) is 10.9. The molecule has 23 heavy (non-hydrogen) atoms. The maximum Gasteiger partial charge on any atom is 0.350 e. The van der Waals surface area contributed by atoms with Crippen LogP contribution < -0.4 is 4.72 Å². The van der Waals surface area contributed by atoms with Crippen LogP contribution in [0.5, 0.6) is 0 Å². The lowest BCUT2D eigenvalue weighted by Crippen LogP contribution is -2.15. The van der Waals surface area contributed by atoms with Crippen LogP contribution in [0.3, 0.4) is 0 Å². The van der Waals surface area contributed by atoms with Crippen molar-refractivity contribution in [2.45, 2.75) is 4.90 Å². The maximum absolute atomic E-state index is 12.3. The summed E-state index contributed by atoms with van der Waals surface area (Å²) < 4.78 is 36.1. The van der Waals surface area contributed by atoms with Gasteiger partial charge in [0.1, 0.15) is 4.88 Å². The Morgan fingerprint density at radius 3 is 2.17 bits per heavy atom. The van der Waals surface area contributed by atoms with Crippen molar-refractivity contribution in [2.24, 2.45) is 0 Å². The first-order chi connectivity index (χ1) is 10.9. The molecule has 0 amide bonds. The number of sulfonamides is 1. The number of hydrogen-bond donors (Lipinski definition) is 1. The van der Waals surface area contributed by atoms with Crippen LogP contribution in [0, 0.1) is 0 Å². The molecule has 2 rings (SSSR count). The largest absolute Gasteiger partial charge is 0.465 e. The van der Waals surface area contributed by atoms with E-state index in [9.17, 15) is 18.0 Å². The lowest BCUT2D eigenvalue weighted by Gasteiger charge is -2.08. The maximum atomic E-state index is 12.3. The van der Waals surface area contributed by atoms with Crippen molar-refractivity contribution in [2.75, 3.05) is 18.9 Å². The van der Waals surface area contributed by atoms with Gasteiger partial charge in [-0.05, 0) is 35.7 Å². The molecule has 2 aromatic rings. The first kappa shape index (κ1) is 17.0. The predicted octanol–water partition coefficient (Wildman–Crippen LogP) is 2.12. The van der Waals surface area contributed by atoms with E-state index >= 15 is 0 Å². The van der Waals surface area contributed by atoms with Crippen molar-refractivity contribution in [3.8, 4) is 0 Å². The minimum atomic E-state index is -3.90. The van der Waals surface area contributed by atoms with E-state index in [-0.39, 0.29) is 21.0 Å². The van der Waals surface area contributed by atoms with Gasteiger partial charge in [-0.1, -0.05) is 0 Å². The van der Waals surface area contributed by atoms with Gasteiger partial charge in [-0.15, -0.1) is 11.3 Å². The minimum Gasteiger partial charge on any atom is -0.465 e. The third kappa shape index (κ3) is 3.69. The molecule has 1 N–H and O–H groups in total. The number of anilines is 1. The van der Waals surface area contributed by atoms with Gasteiger partial charge in [-0.3, -0.25) is 4.72 Å². The Bertz CT molecular complexity index is 823. The van der Waals surface area contributed by atoms with E-state index in [2.05, 4.69) is 14.2 Å². The Balaban J connectivity index is 2.28. The summed E-state index contributed by atoms with van der Waals surface area (Å²) in [6.07, 6.45) is 0. The zero-order valence-corrected chi connectivity index (χ0v) is 13.9. The molecule has 9 heteroatoms. The number of carbonyl (C=O) groups is 2. The highest BCUT2D eigenvalue weighted by Gasteiger charge is 2.20. The number of methoxy groups -OCH3 is 2. The molecule has 7 nitrogen and oxygen atoms in total. The summed E-state index contributed by atoms with van der Waals surface area (Å²) in [5.41, 5.74) is 0.371. The van der Waals surface area contributed by atoms with Crippen LogP contribution in [0.1, 0.15) is 20.0 Å². The van der Waals surface area contributed by atoms with Gasteiger partial charge >= 0.3 is 11.9 Å². The minimum absolute atomic E-state index is 0.0489. The Morgan fingerprint density at radius 1 is 1.00 bits per heavy atom. The van der Waals surface area contributed by atoms with Crippen molar-refractivity contribution >= 4 is 39.0 Å². The molecule has 0 saturated heterocycles. The summed E-state index contributed by atoms with van der Waals surface area (Å²) in [4.78, 5) is 23.0. The van der Waals surface area contributed by atoms with Crippen molar-refractivity contribution in [3.05, 3.63) is 46.2 Å². The third-order valence-corrected chi connectivity index (χ3v) is 5.14. The van der Waals surface area contributed by atoms with Crippen LogP contribution in [0.2, 0.25) is 0 Å².